The smallest absolute Gasteiger partial charge is 0.306 e. The summed E-state index contributed by atoms with van der Waals surface area (Å²) in [7, 11) is 0. The molecule has 0 radical (unpaired) electrons. The van der Waals surface area contributed by atoms with Gasteiger partial charge >= 0.3 is 17.9 Å². The van der Waals surface area contributed by atoms with Crippen LogP contribution in [-0.2, 0) is 28.6 Å². The van der Waals surface area contributed by atoms with Crippen molar-refractivity contribution in [2.24, 2.45) is 0 Å². The van der Waals surface area contributed by atoms with Crippen LogP contribution in [0.5, 0.6) is 0 Å². The van der Waals surface area contributed by atoms with E-state index in [1.807, 2.05) is 0 Å². The highest BCUT2D eigenvalue weighted by Gasteiger charge is 2.19. The topological polar surface area (TPSA) is 78.9 Å². The Morgan fingerprint density at radius 2 is 0.470 bits per heavy atom. The first-order chi connectivity index (χ1) is 41.0. The Morgan fingerprint density at radius 3 is 0.759 bits per heavy atom. The van der Waals surface area contributed by atoms with Gasteiger partial charge in [0, 0.05) is 19.3 Å². The number of ether oxygens (including phenoxy) is 3. The molecule has 0 bridgehead atoms. The molecule has 0 heterocycles. The second-order valence-electron chi connectivity index (χ2n) is 22.7. The summed E-state index contributed by atoms with van der Waals surface area (Å²) in [5.74, 6) is -0.948. The Bertz CT molecular complexity index is 1750. The number of esters is 3. The fourth-order valence-electron chi connectivity index (χ4n) is 9.49. The number of unbranched alkanes of at least 4 members (excludes halogenated alkanes) is 29. The van der Waals surface area contributed by atoms with Crippen LogP contribution in [0, 0.1) is 0 Å². The van der Waals surface area contributed by atoms with E-state index in [0.29, 0.717) is 19.3 Å². The molecule has 0 fully saturated rings. The second kappa shape index (κ2) is 70.0. The summed E-state index contributed by atoms with van der Waals surface area (Å²) in [5.41, 5.74) is 0. The molecule has 0 aromatic carbocycles. The molecule has 0 N–H and O–H groups in total. The third-order valence-electron chi connectivity index (χ3n) is 14.6. The molecule has 0 amide bonds. The van der Waals surface area contributed by atoms with E-state index in [4.69, 9.17) is 14.2 Å². The predicted octanol–water partition coefficient (Wildman–Crippen LogP) is 24.1. The first kappa shape index (κ1) is 78.5. The van der Waals surface area contributed by atoms with E-state index in [2.05, 4.69) is 154 Å². The lowest BCUT2D eigenvalue weighted by Crippen LogP contribution is -2.30. The van der Waals surface area contributed by atoms with Gasteiger partial charge in [-0.15, -0.1) is 0 Å². The minimum absolute atomic E-state index is 0.0994. The summed E-state index contributed by atoms with van der Waals surface area (Å²) >= 11 is 0. The average Bonchev–Trinajstić information content (AvgIpc) is 3.49. The number of rotatable bonds is 62. The van der Waals surface area contributed by atoms with Gasteiger partial charge in [0.1, 0.15) is 13.2 Å². The fourth-order valence-corrected chi connectivity index (χ4v) is 9.49. The Hall–Kier alpha value is -4.45. The van der Waals surface area contributed by atoms with Crippen LogP contribution in [0.25, 0.3) is 0 Å². The van der Waals surface area contributed by atoms with Gasteiger partial charge in [0.15, 0.2) is 6.10 Å². The number of hydrogen-bond acceptors (Lipinski definition) is 6. The molecule has 0 aliphatic carbocycles. The summed E-state index contributed by atoms with van der Waals surface area (Å²) in [6, 6.07) is 0. The number of carbonyl (C=O) groups excluding carboxylic acids is 3. The lowest BCUT2D eigenvalue weighted by atomic mass is 10.0. The highest BCUT2D eigenvalue weighted by molar-refractivity contribution is 5.71. The lowest BCUT2D eigenvalue weighted by Gasteiger charge is -2.18. The molecule has 6 nitrogen and oxygen atoms in total. The van der Waals surface area contributed by atoms with Crippen molar-refractivity contribution in [1.29, 1.82) is 0 Å². The molecule has 0 rings (SSSR count). The monoisotopic (exact) mass is 1150 g/mol. The Labute approximate surface area is 513 Å². The Balaban J connectivity index is 4.19. The molecule has 0 aliphatic heterocycles. The van der Waals surface area contributed by atoms with Gasteiger partial charge in [-0.05, 0) is 135 Å². The molecule has 83 heavy (non-hydrogen) atoms. The maximum atomic E-state index is 12.9. The zero-order valence-corrected chi connectivity index (χ0v) is 54.2. The average molecular weight is 1150 g/mol. The summed E-state index contributed by atoms with van der Waals surface area (Å²) in [6.45, 7) is 6.36. The molecule has 0 aliphatic rings. The molecule has 0 aromatic heterocycles. The zero-order valence-electron chi connectivity index (χ0n) is 54.2. The van der Waals surface area contributed by atoms with Crippen molar-refractivity contribution in [2.75, 3.05) is 13.2 Å². The highest BCUT2D eigenvalue weighted by Crippen LogP contribution is 2.17. The van der Waals surface area contributed by atoms with Gasteiger partial charge in [0.2, 0.25) is 0 Å². The fraction of sp³-hybridized carbons (Fsp3) is 0.675. The van der Waals surface area contributed by atoms with Crippen LogP contribution in [0.15, 0.2) is 134 Å². The van der Waals surface area contributed by atoms with Gasteiger partial charge < -0.3 is 14.2 Å². The minimum atomic E-state index is -0.808. The third kappa shape index (κ3) is 68.2. The molecule has 0 aromatic rings. The summed E-state index contributed by atoms with van der Waals surface area (Å²) in [5, 5.41) is 0. The predicted molar refractivity (Wildman–Crippen MR) is 362 cm³/mol. The van der Waals surface area contributed by atoms with Crippen molar-refractivity contribution >= 4 is 17.9 Å². The van der Waals surface area contributed by atoms with Crippen LogP contribution in [0.2, 0.25) is 0 Å². The molecular weight excluding hydrogens is 1020 g/mol. The van der Waals surface area contributed by atoms with Crippen LogP contribution < -0.4 is 0 Å². The highest BCUT2D eigenvalue weighted by atomic mass is 16.6. The number of hydrogen-bond donors (Lipinski definition) is 0. The van der Waals surface area contributed by atoms with E-state index >= 15 is 0 Å². The second-order valence-corrected chi connectivity index (χ2v) is 22.7. The van der Waals surface area contributed by atoms with Gasteiger partial charge in [0.05, 0.1) is 0 Å². The summed E-state index contributed by atoms with van der Waals surface area (Å²) in [6.07, 6.45) is 99.2. The summed E-state index contributed by atoms with van der Waals surface area (Å²) < 4.78 is 16.9. The quantitative estimate of drug-likeness (QED) is 0.0261. The van der Waals surface area contributed by atoms with Crippen molar-refractivity contribution in [2.45, 2.75) is 322 Å². The first-order valence-electron chi connectivity index (χ1n) is 34.7. The molecule has 472 valence electrons. The molecule has 0 spiro atoms. The van der Waals surface area contributed by atoms with Crippen molar-refractivity contribution in [3.8, 4) is 0 Å². The van der Waals surface area contributed by atoms with Crippen molar-refractivity contribution in [3.05, 3.63) is 134 Å². The van der Waals surface area contributed by atoms with Gasteiger partial charge in [0.25, 0.3) is 0 Å². The maximum Gasteiger partial charge on any atom is 0.306 e. The summed E-state index contributed by atoms with van der Waals surface area (Å²) in [4.78, 5) is 38.3. The van der Waals surface area contributed by atoms with E-state index in [9.17, 15) is 14.4 Å². The normalized spacial score (nSPS) is 13.0. The standard InChI is InChI=1S/C77H128O6/c1-4-7-10-13-16-19-22-25-28-29-30-31-32-33-34-35-36-37-38-39-40-41-42-43-44-45-46-47-50-52-55-58-61-64-67-70-76(79)82-73-74(83-77(80)71-68-65-62-59-56-53-49-27-24-21-18-15-12-9-6-3)72-81-75(78)69-66-63-60-57-54-51-48-26-23-20-17-14-11-8-5-2/h7,9-10,12,16-21,25-28,30-31,33-34,48-49,56,59,74H,4-6,8,11,13-15,22-24,29,32,35-47,50-55,57-58,60-73H2,1-3H3/b10-7-,12-9-,19-16-,20-17-,21-18-,28-25-,31-30-,34-33-,48-26-,49-27-,59-56-. The minimum Gasteiger partial charge on any atom is -0.462 e. The molecule has 0 saturated carbocycles. The van der Waals surface area contributed by atoms with Crippen molar-refractivity contribution < 1.29 is 28.6 Å². The number of carbonyl (C=O) groups is 3. The van der Waals surface area contributed by atoms with E-state index in [0.717, 1.165) is 135 Å². The zero-order chi connectivity index (χ0) is 59.9. The largest absolute Gasteiger partial charge is 0.462 e. The van der Waals surface area contributed by atoms with Gasteiger partial charge in [-0.2, -0.15) is 0 Å². The molecule has 6 heteroatoms. The Morgan fingerprint density at radius 1 is 0.253 bits per heavy atom. The Kier molecular flexibility index (Phi) is 66.3. The van der Waals surface area contributed by atoms with Crippen LogP contribution in [0.1, 0.15) is 316 Å². The van der Waals surface area contributed by atoms with Crippen molar-refractivity contribution in [1.82, 2.24) is 0 Å². The van der Waals surface area contributed by atoms with Gasteiger partial charge in [-0.3, -0.25) is 14.4 Å². The van der Waals surface area contributed by atoms with Gasteiger partial charge in [-0.1, -0.05) is 296 Å². The molecular formula is C77H128O6. The van der Waals surface area contributed by atoms with Crippen LogP contribution in [0.4, 0.5) is 0 Å². The van der Waals surface area contributed by atoms with Crippen LogP contribution in [-0.4, -0.2) is 37.2 Å². The van der Waals surface area contributed by atoms with Gasteiger partial charge in [-0.25, -0.2) is 0 Å². The molecule has 1 atom stereocenters. The SMILES string of the molecule is CC/C=C\C/C=C\C/C=C\C/C=C\C/C=C\CCCCCCCCCCCCCCCCCCCCCC(=O)OCC(COC(=O)CCCCCCC/C=C\C/C=C\CCCCC)OC(=O)CCCC/C=C\C/C=C\C/C=C\C/C=C\CC. The molecule has 1 unspecified atom stereocenters. The number of allylic oxidation sites excluding steroid dienone is 22. The van der Waals surface area contributed by atoms with Crippen LogP contribution in [0.3, 0.4) is 0 Å². The van der Waals surface area contributed by atoms with E-state index in [1.54, 1.807) is 0 Å². The van der Waals surface area contributed by atoms with E-state index in [1.165, 1.54) is 135 Å². The maximum absolute atomic E-state index is 12.9. The van der Waals surface area contributed by atoms with Crippen LogP contribution >= 0.6 is 0 Å². The van der Waals surface area contributed by atoms with E-state index < -0.39 is 6.10 Å². The molecule has 0 saturated heterocycles. The first-order valence-corrected chi connectivity index (χ1v) is 34.7. The van der Waals surface area contributed by atoms with Crippen molar-refractivity contribution in [3.63, 3.8) is 0 Å². The third-order valence-corrected chi connectivity index (χ3v) is 14.6. The van der Waals surface area contributed by atoms with E-state index in [-0.39, 0.29) is 37.5 Å². The lowest BCUT2D eigenvalue weighted by molar-refractivity contribution is -0.167.